The maximum absolute atomic E-state index is 10.1. The summed E-state index contributed by atoms with van der Waals surface area (Å²) in [6.07, 6.45) is 6.56. The van der Waals surface area contributed by atoms with Crippen LogP contribution >= 0.6 is 0 Å². The average Bonchev–Trinajstić information content (AvgIpc) is 3.29. The monoisotopic (exact) mass is 358 g/mol. The fourth-order valence-electron chi connectivity index (χ4n) is 2.94. The second-order valence-corrected chi connectivity index (χ2v) is 6.52. The molecular weight excluding hydrogens is 332 g/mol. The van der Waals surface area contributed by atoms with Crippen LogP contribution in [0.25, 0.3) is 0 Å². The predicted molar refractivity (Wildman–Crippen MR) is 99.0 cm³/mol. The number of hydrogen-bond acceptors (Lipinski definition) is 6. The molecular formula is C20H26N2O4. The third kappa shape index (κ3) is 5.25. The zero-order valence-corrected chi connectivity index (χ0v) is 15.2. The highest BCUT2D eigenvalue weighted by Crippen LogP contribution is 2.25. The van der Waals surface area contributed by atoms with Crippen LogP contribution in [0, 0.1) is 6.92 Å². The molecule has 0 saturated carbocycles. The van der Waals surface area contributed by atoms with Gasteiger partial charge in [0, 0.05) is 18.6 Å². The van der Waals surface area contributed by atoms with Crippen molar-refractivity contribution in [2.24, 2.45) is 4.99 Å². The van der Waals surface area contributed by atoms with Crippen molar-refractivity contribution in [3.05, 3.63) is 41.3 Å². The number of unbranched alkanes of at least 4 members (excludes halogenated alkanes) is 4. The largest absolute Gasteiger partial charge is 0.507 e. The molecule has 140 valence electrons. The van der Waals surface area contributed by atoms with Gasteiger partial charge in [-0.25, -0.2) is 4.99 Å². The number of rotatable bonds is 10. The summed E-state index contributed by atoms with van der Waals surface area (Å²) in [7, 11) is 0. The molecule has 3 rings (SSSR count). The number of aromatic nitrogens is 1. The minimum absolute atomic E-state index is 0.144. The topological polar surface area (TPSA) is 77.1 Å². The maximum atomic E-state index is 10.1. The Hall–Kier alpha value is -2.50. The van der Waals surface area contributed by atoms with Gasteiger partial charge in [0.2, 0.25) is 5.90 Å². The second kappa shape index (κ2) is 9.27. The van der Waals surface area contributed by atoms with E-state index >= 15 is 0 Å². The SMILES string of the molecule is Cc1cc(CCCCCCCOc2ccc(C3=NCCO3)c(O)c2)on1. The molecule has 1 aromatic carbocycles. The molecule has 0 fully saturated rings. The lowest BCUT2D eigenvalue weighted by molar-refractivity contribution is 0.302. The van der Waals surface area contributed by atoms with Gasteiger partial charge in [-0.2, -0.15) is 0 Å². The molecule has 0 amide bonds. The molecule has 0 atom stereocenters. The van der Waals surface area contributed by atoms with Gasteiger partial charge in [0.15, 0.2) is 0 Å². The Kier molecular flexibility index (Phi) is 6.52. The maximum Gasteiger partial charge on any atom is 0.220 e. The normalized spacial score (nSPS) is 13.5. The number of nitrogens with zero attached hydrogens (tertiary/aromatic N) is 2. The van der Waals surface area contributed by atoms with Gasteiger partial charge in [-0.15, -0.1) is 0 Å². The van der Waals surface area contributed by atoms with E-state index < -0.39 is 0 Å². The van der Waals surface area contributed by atoms with Crippen molar-refractivity contribution in [1.29, 1.82) is 0 Å². The zero-order valence-electron chi connectivity index (χ0n) is 15.2. The summed E-state index contributed by atoms with van der Waals surface area (Å²) >= 11 is 0. The van der Waals surface area contributed by atoms with Crippen LogP contribution in [-0.4, -0.2) is 35.9 Å². The molecule has 0 radical (unpaired) electrons. The van der Waals surface area contributed by atoms with Crippen LogP contribution in [0.15, 0.2) is 33.8 Å². The van der Waals surface area contributed by atoms with E-state index in [1.165, 1.54) is 12.8 Å². The molecule has 1 aliphatic heterocycles. The molecule has 2 heterocycles. The van der Waals surface area contributed by atoms with Crippen molar-refractivity contribution in [2.75, 3.05) is 19.8 Å². The van der Waals surface area contributed by atoms with Gasteiger partial charge in [-0.1, -0.05) is 24.4 Å². The van der Waals surface area contributed by atoms with Crippen molar-refractivity contribution in [2.45, 2.75) is 45.4 Å². The molecule has 0 aliphatic carbocycles. The summed E-state index contributed by atoms with van der Waals surface area (Å²) in [5, 5.41) is 14.0. The Morgan fingerprint density at radius 2 is 1.96 bits per heavy atom. The van der Waals surface area contributed by atoms with Crippen molar-refractivity contribution < 1.29 is 19.1 Å². The van der Waals surface area contributed by atoms with Gasteiger partial charge in [-0.3, -0.25) is 0 Å². The van der Waals surface area contributed by atoms with Crippen molar-refractivity contribution >= 4 is 5.90 Å². The predicted octanol–water partition coefficient (Wildman–Crippen LogP) is 4.04. The summed E-state index contributed by atoms with van der Waals surface area (Å²) in [4.78, 5) is 4.21. The molecule has 0 bridgehead atoms. The minimum atomic E-state index is 0.144. The van der Waals surface area contributed by atoms with Crippen LogP contribution < -0.4 is 4.74 Å². The number of aromatic hydroxyl groups is 1. The zero-order chi connectivity index (χ0) is 18.2. The quantitative estimate of drug-likeness (QED) is 0.649. The number of aliphatic imine (C=N–C) groups is 1. The molecule has 1 aliphatic rings. The van der Waals surface area contributed by atoms with Gasteiger partial charge in [-0.05, 0) is 31.9 Å². The minimum Gasteiger partial charge on any atom is -0.507 e. The van der Waals surface area contributed by atoms with E-state index in [4.69, 9.17) is 14.0 Å². The molecule has 1 N–H and O–H groups in total. The molecule has 0 spiro atoms. The Morgan fingerprint density at radius 1 is 1.12 bits per heavy atom. The van der Waals surface area contributed by atoms with E-state index in [2.05, 4.69) is 10.1 Å². The summed E-state index contributed by atoms with van der Waals surface area (Å²) in [5.74, 6) is 2.30. The van der Waals surface area contributed by atoms with E-state index in [0.717, 1.165) is 37.1 Å². The van der Waals surface area contributed by atoms with Crippen LogP contribution in [-0.2, 0) is 11.2 Å². The van der Waals surface area contributed by atoms with E-state index in [0.29, 0.717) is 37.0 Å². The second-order valence-electron chi connectivity index (χ2n) is 6.52. The van der Waals surface area contributed by atoms with Gasteiger partial charge >= 0.3 is 0 Å². The van der Waals surface area contributed by atoms with E-state index in [1.54, 1.807) is 12.1 Å². The summed E-state index contributed by atoms with van der Waals surface area (Å²) in [6.45, 7) is 3.81. The molecule has 2 aromatic rings. The summed E-state index contributed by atoms with van der Waals surface area (Å²) < 4.78 is 16.3. The van der Waals surface area contributed by atoms with Gasteiger partial charge in [0.25, 0.3) is 0 Å². The summed E-state index contributed by atoms with van der Waals surface area (Å²) in [5.41, 5.74) is 1.57. The van der Waals surface area contributed by atoms with Crippen molar-refractivity contribution in [1.82, 2.24) is 5.16 Å². The van der Waals surface area contributed by atoms with E-state index in [9.17, 15) is 5.11 Å². The number of hydrogen-bond donors (Lipinski definition) is 1. The molecule has 1 aromatic heterocycles. The van der Waals surface area contributed by atoms with Gasteiger partial charge in [0.1, 0.15) is 23.9 Å². The highest BCUT2D eigenvalue weighted by atomic mass is 16.5. The van der Waals surface area contributed by atoms with Crippen LogP contribution in [0.4, 0.5) is 0 Å². The smallest absolute Gasteiger partial charge is 0.220 e. The van der Waals surface area contributed by atoms with E-state index in [1.807, 2.05) is 19.1 Å². The number of benzene rings is 1. The fourth-order valence-corrected chi connectivity index (χ4v) is 2.94. The number of aryl methyl sites for hydroxylation is 2. The third-order valence-corrected chi connectivity index (χ3v) is 4.30. The highest BCUT2D eigenvalue weighted by Gasteiger charge is 2.15. The van der Waals surface area contributed by atoms with Crippen LogP contribution in [0.5, 0.6) is 11.5 Å². The lowest BCUT2D eigenvalue weighted by Gasteiger charge is -2.09. The first-order valence-corrected chi connectivity index (χ1v) is 9.28. The average molecular weight is 358 g/mol. The van der Waals surface area contributed by atoms with Crippen LogP contribution in [0.3, 0.4) is 0 Å². The molecule has 6 nitrogen and oxygen atoms in total. The van der Waals surface area contributed by atoms with Gasteiger partial charge < -0.3 is 19.1 Å². The molecule has 0 unspecified atom stereocenters. The van der Waals surface area contributed by atoms with E-state index in [-0.39, 0.29) is 5.75 Å². The van der Waals surface area contributed by atoms with Crippen molar-refractivity contribution in [3.63, 3.8) is 0 Å². The Balaban J connectivity index is 1.28. The standard InChI is InChI=1S/C20H26N2O4/c1-15-13-17(26-22-15)7-5-3-2-4-6-11-24-16-8-9-18(19(23)14-16)20-21-10-12-25-20/h8-9,13-14,23H,2-7,10-12H2,1H3. The lowest BCUT2D eigenvalue weighted by Crippen LogP contribution is -2.02. The Morgan fingerprint density at radius 3 is 2.69 bits per heavy atom. The Labute approximate surface area is 153 Å². The third-order valence-electron chi connectivity index (χ3n) is 4.30. The van der Waals surface area contributed by atoms with Gasteiger partial charge in [0.05, 0.1) is 24.4 Å². The fraction of sp³-hybridized carbons (Fsp3) is 0.500. The Bertz CT molecular complexity index is 739. The summed E-state index contributed by atoms with van der Waals surface area (Å²) in [6, 6.07) is 7.26. The molecule has 26 heavy (non-hydrogen) atoms. The first kappa shape index (κ1) is 18.3. The van der Waals surface area contributed by atoms with Crippen molar-refractivity contribution in [3.8, 4) is 11.5 Å². The molecule has 6 heteroatoms. The van der Waals surface area contributed by atoms with Crippen LogP contribution in [0.1, 0.15) is 49.1 Å². The first-order valence-electron chi connectivity index (χ1n) is 9.28. The number of phenolic OH excluding ortho intramolecular Hbond substituents is 1. The number of ether oxygens (including phenoxy) is 2. The lowest BCUT2D eigenvalue weighted by atomic mass is 10.1. The first-order chi connectivity index (χ1) is 12.7. The highest BCUT2D eigenvalue weighted by molar-refractivity contribution is 5.97. The number of phenols is 1. The van der Waals surface area contributed by atoms with Crippen LogP contribution in [0.2, 0.25) is 0 Å². The molecule has 0 saturated heterocycles.